The van der Waals surface area contributed by atoms with Crippen LogP contribution in [0.2, 0.25) is 0 Å². The molecule has 0 aromatic rings. The second kappa shape index (κ2) is 49.7. The van der Waals surface area contributed by atoms with Gasteiger partial charge in [0, 0.05) is 0 Å². The Morgan fingerprint density at radius 2 is 0.757 bits per heavy atom. The van der Waals surface area contributed by atoms with Crippen molar-refractivity contribution in [1.29, 1.82) is 0 Å². The van der Waals surface area contributed by atoms with E-state index in [1.807, 2.05) is 6.08 Å². The second-order valence-corrected chi connectivity index (χ2v) is 26.5. The van der Waals surface area contributed by atoms with Crippen LogP contribution in [0.5, 0.6) is 0 Å². The summed E-state index contributed by atoms with van der Waals surface area (Å²) in [6.45, 7) is 74.4. The van der Waals surface area contributed by atoms with E-state index in [0.717, 1.165) is 72.7 Å². The first-order chi connectivity index (χ1) is 34.2. The highest BCUT2D eigenvalue weighted by Crippen LogP contribution is 2.40. The van der Waals surface area contributed by atoms with Gasteiger partial charge in [-0.1, -0.05) is 235 Å². The first-order valence-corrected chi connectivity index (χ1v) is 30.3. The summed E-state index contributed by atoms with van der Waals surface area (Å²) < 4.78 is 0. The van der Waals surface area contributed by atoms with E-state index in [4.69, 9.17) is 0 Å². The maximum atomic E-state index is 4.30. The molecular weight excluding hydrogens is 889 g/mol. The number of allylic oxidation sites excluding steroid dienone is 18. The first-order valence-electron chi connectivity index (χ1n) is 30.3. The molecule has 0 aliphatic carbocycles. The van der Waals surface area contributed by atoms with Gasteiger partial charge in [-0.15, -0.1) is 6.58 Å². The molecule has 0 fully saturated rings. The van der Waals surface area contributed by atoms with Gasteiger partial charge in [-0.2, -0.15) is 0 Å². The quantitative estimate of drug-likeness (QED) is 0.0465. The zero-order valence-electron chi connectivity index (χ0n) is 55.5. The molecule has 0 heterocycles. The Bertz CT molecular complexity index is 1570. The fraction of sp³-hybridized carbons (Fsp3) is 0.703. The minimum absolute atomic E-state index is 0.320. The van der Waals surface area contributed by atoms with Crippen molar-refractivity contribution >= 4 is 0 Å². The van der Waals surface area contributed by atoms with Crippen molar-refractivity contribution in [2.45, 2.75) is 283 Å². The second-order valence-electron chi connectivity index (χ2n) is 26.5. The molecule has 0 aliphatic rings. The monoisotopic (exact) mass is 1030 g/mol. The average molecular weight is 1030 g/mol. The van der Waals surface area contributed by atoms with Crippen LogP contribution in [0.3, 0.4) is 0 Å². The van der Waals surface area contributed by atoms with Gasteiger partial charge in [0.1, 0.15) is 0 Å². The molecule has 0 nitrogen and oxygen atoms in total. The fourth-order valence-electron chi connectivity index (χ4n) is 8.76. The van der Waals surface area contributed by atoms with Crippen LogP contribution in [0.4, 0.5) is 0 Å². The van der Waals surface area contributed by atoms with Crippen molar-refractivity contribution < 1.29 is 0 Å². The molecule has 2 atom stereocenters. The summed E-state index contributed by atoms with van der Waals surface area (Å²) in [5.74, 6) is 6.75. The summed E-state index contributed by atoms with van der Waals surface area (Å²) in [6.07, 6.45) is 39.9. The third-order valence-corrected chi connectivity index (χ3v) is 13.0. The van der Waals surface area contributed by atoms with E-state index >= 15 is 0 Å². The molecule has 0 rings (SSSR count). The van der Waals surface area contributed by atoms with E-state index in [1.54, 1.807) is 11.1 Å². The molecule has 0 aromatic heterocycles. The van der Waals surface area contributed by atoms with Gasteiger partial charge in [0.15, 0.2) is 0 Å². The van der Waals surface area contributed by atoms with Gasteiger partial charge in [-0.3, -0.25) is 0 Å². The minimum atomic E-state index is 0.320. The van der Waals surface area contributed by atoms with Gasteiger partial charge in [0.2, 0.25) is 0 Å². The van der Waals surface area contributed by atoms with Gasteiger partial charge in [0.25, 0.3) is 0 Å². The first kappa shape index (κ1) is 80.0. The van der Waals surface area contributed by atoms with Crippen LogP contribution in [0, 0.1) is 58.7 Å². The van der Waals surface area contributed by atoms with Crippen LogP contribution < -0.4 is 0 Å². The maximum absolute atomic E-state index is 4.30. The molecule has 0 heteroatoms. The number of rotatable bonds is 32. The van der Waals surface area contributed by atoms with E-state index in [1.165, 1.54) is 110 Å². The zero-order chi connectivity index (χ0) is 58.6. The standard InChI is InChI=1S/4C16H30.C10H16/c1-12(2)9-8-10-15(7)16(14(5)6)11-13(3)4;2*1-13(2)8-7-9-16(12-15(5)6)11-10-14(3)4;1-8-16(15(6)7,12-14(4)5)11-9-10-13(2)3;1-5-10(4)8-6-7-9(2)3/h9,13-14,16H,7-8,10-11H2,1-6H3;2*8,11,14-15H,7,9-10,12H2,1-6H3;8,10,14-15H,1,9,11-12H2,2-7H3;5,7H,1,4,6,8H2,2-3H3/b;16-11+;16-11-;;. The summed E-state index contributed by atoms with van der Waals surface area (Å²) in [5.41, 5.74) is 13.3. The van der Waals surface area contributed by atoms with Crippen LogP contribution in [0.15, 0.2) is 131 Å². The van der Waals surface area contributed by atoms with Crippen molar-refractivity contribution in [3.63, 3.8) is 0 Å². The molecule has 0 N–H and O–H groups in total. The maximum Gasteiger partial charge on any atom is -0.00925 e. The van der Waals surface area contributed by atoms with Crippen LogP contribution in [0.25, 0.3) is 0 Å². The number of hydrogen-bond donors (Lipinski definition) is 0. The van der Waals surface area contributed by atoms with E-state index < -0.39 is 0 Å². The Morgan fingerprint density at radius 1 is 0.405 bits per heavy atom. The van der Waals surface area contributed by atoms with Crippen molar-refractivity contribution in [1.82, 2.24) is 0 Å². The topological polar surface area (TPSA) is 0 Å². The smallest absolute Gasteiger partial charge is 0.00925 e. The lowest BCUT2D eigenvalue weighted by molar-refractivity contribution is 0.198. The van der Waals surface area contributed by atoms with E-state index in [0.29, 0.717) is 17.3 Å². The third kappa shape index (κ3) is 58.4. The number of hydrogen-bond acceptors (Lipinski definition) is 0. The third-order valence-electron chi connectivity index (χ3n) is 13.0. The highest BCUT2D eigenvalue weighted by Gasteiger charge is 2.30. The van der Waals surface area contributed by atoms with Crippen molar-refractivity contribution in [3.05, 3.63) is 131 Å². The highest BCUT2D eigenvalue weighted by atomic mass is 14.3. The molecule has 2 unspecified atom stereocenters. The van der Waals surface area contributed by atoms with Gasteiger partial charge in [-0.05, 0) is 231 Å². The van der Waals surface area contributed by atoms with E-state index in [-0.39, 0.29) is 0 Å². The van der Waals surface area contributed by atoms with Gasteiger partial charge in [-0.25, -0.2) is 0 Å². The molecule has 0 saturated heterocycles. The van der Waals surface area contributed by atoms with E-state index in [9.17, 15) is 0 Å². The van der Waals surface area contributed by atoms with Crippen LogP contribution in [-0.2, 0) is 0 Å². The lowest BCUT2D eigenvalue weighted by Crippen LogP contribution is -2.26. The van der Waals surface area contributed by atoms with Gasteiger partial charge < -0.3 is 0 Å². The summed E-state index contributed by atoms with van der Waals surface area (Å²) in [7, 11) is 0. The molecule has 0 saturated carbocycles. The molecule has 0 bridgehead atoms. The van der Waals surface area contributed by atoms with Crippen LogP contribution in [-0.4, -0.2) is 0 Å². The summed E-state index contributed by atoms with van der Waals surface area (Å²) >= 11 is 0. The Kier molecular flexibility index (Phi) is 53.7. The highest BCUT2D eigenvalue weighted by molar-refractivity contribution is 5.12. The predicted octanol–water partition coefficient (Wildman–Crippen LogP) is 26.2. The van der Waals surface area contributed by atoms with Crippen LogP contribution >= 0.6 is 0 Å². The largest absolute Gasteiger partial charge is 0.103 e. The minimum Gasteiger partial charge on any atom is -0.103 e. The molecule has 0 radical (unpaired) electrons. The Balaban J connectivity index is -0.000000270. The lowest BCUT2D eigenvalue weighted by Gasteiger charge is -2.36. The molecule has 0 spiro atoms. The predicted molar refractivity (Wildman–Crippen MR) is 350 cm³/mol. The Morgan fingerprint density at radius 3 is 1.03 bits per heavy atom. The summed E-state index contributed by atoms with van der Waals surface area (Å²) in [6, 6.07) is 0. The molecular formula is C74H136. The van der Waals surface area contributed by atoms with E-state index in [2.05, 4.69) is 255 Å². The fourth-order valence-corrected chi connectivity index (χ4v) is 8.76. The summed E-state index contributed by atoms with van der Waals surface area (Å²) in [4.78, 5) is 0. The molecule has 432 valence electrons. The normalized spacial score (nSPS) is 12.6. The SMILES string of the molecule is C=C(CCC=C(C)C)C(CC(C)C)C(C)C.C=CC(=C)CCC=C(C)C.C=CC(CCC=C(C)C)(CC(C)C)C(C)C.CC(C)=CCC/C(=C/CC(C)C)CC(C)C.CC(C)=CCC/C(=C\CC(C)C)CC(C)C. The van der Waals surface area contributed by atoms with Gasteiger partial charge >= 0.3 is 0 Å². The van der Waals surface area contributed by atoms with Crippen molar-refractivity contribution in [3.8, 4) is 0 Å². The van der Waals surface area contributed by atoms with Crippen LogP contribution in [0.1, 0.15) is 283 Å². The van der Waals surface area contributed by atoms with Gasteiger partial charge in [0.05, 0.1) is 0 Å². The summed E-state index contributed by atoms with van der Waals surface area (Å²) in [5, 5.41) is 0. The zero-order valence-corrected chi connectivity index (χ0v) is 55.5. The van der Waals surface area contributed by atoms with Crippen molar-refractivity contribution in [2.75, 3.05) is 0 Å². The molecule has 0 aliphatic heterocycles. The molecule has 0 aromatic carbocycles. The lowest BCUT2D eigenvalue weighted by atomic mass is 9.69. The molecule has 74 heavy (non-hydrogen) atoms. The Labute approximate surface area is 470 Å². The average Bonchev–Trinajstić information content (AvgIpc) is 3.25. The molecule has 0 amide bonds. The van der Waals surface area contributed by atoms with Crippen molar-refractivity contribution in [2.24, 2.45) is 58.7 Å². The Hall–Kier alpha value is -2.86.